The third-order valence-corrected chi connectivity index (χ3v) is 6.68. The summed E-state index contributed by atoms with van der Waals surface area (Å²) in [5, 5.41) is 28.4. The molecule has 2 heterocycles. The minimum Gasteiger partial charge on any atom is -0.489 e. The number of hydrogen-bond acceptors (Lipinski definition) is 8. The van der Waals surface area contributed by atoms with Gasteiger partial charge in [-0.25, -0.2) is 4.68 Å². The van der Waals surface area contributed by atoms with Crippen molar-refractivity contribution < 1.29 is 33.8 Å². The number of carbonyl (C=O) groups excluding carboxylic acids is 1. The van der Waals surface area contributed by atoms with Gasteiger partial charge in [-0.3, -0.25) is 19.2 Å². The van der Waals surface area contributed by atoms with E-state index in [0.29, 0.717) is 28.8 Å². The number of aromatic nitrogens is 3. The highest BCUT2D eigenvalue weighted by Gasteiger charge is 2.48. The molecule has 0 spiro atoms. The summed E-state index contributed by atoms with van der Waals surface area (Å²) < 4.78 is 12.3. The van der Waals surface area contributed by atoms with Crippen LogP contribution in [0.1, 0.15) is 29.0 Å². The normalized spacial score (nSPS) is 11.5. The zero-order valence-electron chi connectivity index (χ0n) is 21.0. The lowest BCUT2D eigenvalue weighted by Crippen LogP contribution is -2.43. The smallest absolute Gasteiger partial charge is 0.321 e. The number of hydrogen-bond donors (Lipinski definition) is 2. The van der Waals surface area contributed by atoms with E-state index in [0.717, 1.165) is 10.2 Å². The fraction of sp³-hybridized carbons (Fsp3) is 0.172. The molecule has 0 aliphatic heterocycles. The molecule has 11 nitrogen and oxygen atoms in total. The Hall–Kier alpha value is -5.32. The van der Waals surface area contributed by atoms with E-state index in [2.05, 4.69) is 10.3 Å². The van der Waals surface area contributed by atoms with Crippen LogP contribution < -0.4 is 10.3 Å². The Morgan fingerprint density at radius 2 is 1.65 bits per heavy atom. The number of aliphatic carboxylic acids is 2. The molecule has 40 heavy (non-hydrogen) atoms. The molecule has 0 fully saturated rings. The number of carbonyl (C=O) groups is 3. The molecule has 0 saturated carbocycles. The van der Waals surface area contributed by atoms with Gasteiger partial charge in [0.2, 0.25) is 0 Å². The standard InChI is InChI=1S/C29H23N3O8/c33-23(25-14-19-10-11-20(15-24(19)40-25)39-17-18-6-2-1-3-7-18)16-29(27(35)36,28(37)38)12-13-32-26(34)21-8-4-5-9-22(21)30-31-32/h1-11,14-15H,12-13,16-17H2,(H,35,36)(H,37,38). The van der Waals surface area contributed by atoms with Crippen molar-refractivity contribution in [2.24, 2.45) is 5.41 Å². The Labute approximate surface area is 226 Å². The lowest BCUT2D eigenvalue weighted by Gasteiger charge is -2.23. The number of ether oxygens (including phenoxy) is 1. The molecule has 0 atom stereocenters. The number of fused-ring (bicyclic) bond motifs is 2. The largest absolute Gasteiger partial charge is 0.489 e. The van der Waals surface area contributed by atoms with E-state index in [1.807, 2.05) is 30.3 Å². The number of rotatable bonds is 11. The van der Waals surface area contributed by atoms with Gasteiger partial charge < -0.3 is 19.4 Å². The quantitative estimate of drug-likeness (QED) is 0.185. The lowest BCUT2D eigenvalue weighted by atomic mass is 9.79. The van der Waals surface area contributed by atoms with Crippen LogP contribution >= 0.6 is 0 Å². The number of aryl methyl sites for hydroxylation is 1. The minimum atomic E-state index is -2.53. The highest BCUT2D eigenvalue weighted by molar-refractivity contribution is 6.06. The summed E-state index contributed by atoms with van der Waals surface area (Å²) >= 11 is 0. The average Bonchev–Trinajstić information content (AvgIpc) is 3.39. The molecule has 11 heteroatoms. The van der Waals surface area contributed by atoms with E-state index < -0.39 is 41.5 Å². The van der Waals surface area contributed by atoms with Gasteiger partial charge in [-0.15, -0.1) is 5.10 Å². The van der Waals surface area contributed by atoms with Gasteiger partial charge in [0, 0.05) is 24.4 Å². The van der Waals surface area contributed by atoms with Crippen molar-refractivity contribution in [1.29, 1.82) is 0 Å². The molecule has 0 amide bonds. The van der Waals surface area contributed by atoms with Crippen molar-refractivity contribution in [2.45, 2.75) is 26.0 Å². The van der Waals surface area contributed by atoms with Crippen molar-refractivity contribution in [1.82, 2.24) is 15.0 Å². The van der Waals surface area contributed by atoms with Gasteiger partial charge in [0.25, 0.3) is 5.56 Å². The second-order valence-electron chi connectivity index (χ2n) is 9.26. The van der Waals surface area contributed by atoms with E-state index in [4.69, 9.17) is 9.15 Å². The van der Waals surface area contributed by atoms with Crippen LogP contribution in [-0.4, -0.2) is 42.9 Å². The Balaban J connectivity index is 1.35. The summed E-state index contributed by atoms with van der Waals surface area (Å²) in [5.41, 5.74) is -1.45. The molecule has 202 valence electrons. The molecule has 0 aliphatic carbocycles. The minimum absolute atomic E-state index is 0.190. The van der Waals surface area contributed by atoms with Gasteiger partial charge in [-0.1, -0.05) is 47.7 Å². The first-order valence-electron chi connectivity index (χ1n) is 12.3. The Morgan fingerprint density at radius 1 is 0.925 bits per heavy atom. The van der Waals surface area contributed by atoms with Crippen LogP contribution in [0.4, 0.5) is 0 Å². The predicted octanol–water partition coefficient (Wildman–Crippen LogP) is 3.94. The second-order valence-corrected chi connectivity index (χ2v) is 9.26. The van der Waals surface area contributed by atoms with Crippen molar-refractivity contribution in [3.63, 3.8) is 0 Å². The van der Waals surface area contributed by atoms with Gasteiger partial charge in [0.15, 0.2) is 17.0 Å². The molecule has 5 rings (SSSR count). The van der Waals surface area contributed by atoms with Crippen LogP contribution in [0.5, 0.6) is 5.75 Å². The number of ketones is 1. The maximum Gasteiger partial charge on any atom is 0.321 e. The molecular weight excluding hydrogens is 518 g/mol. The third kappa shape index (κ3) is 5.17. The first-order valence-corrected chi connectivity index (χ1v) is 12.3. The van der Waals surface area contributed by atoms with Crippen LogP contribution in [0.3, 0.4) is 0 Å². The lowest BCUT2D eigenvalue weighted by molar-refractivity contribution is -0.165. The fourth-order valence-corrected chi connectivity index (χ4v) is 4.35. The average molecular weight is 542 g/mol. The fourth-order valence-electron chi connectivity index (χ4n) is 4.35. The highest BCUT2D eigenvalue weighted by Crippen LogP contribution is 2.32. The summed E-state index contributed by atoms with van der Waals surface area (Å²) in [7, 11) is 0. The molecule has 2 aromatic heterocycles. The number of furan rings is 1. The van der Waals surface area contributed by atoms with Gasteiger partial charge >= 0.3 is 11.9 Å². The van der Waals surface area contributed by atoms with Crippen molar-refractivity contribution in [3.8, 4) is 5.75 Å². The van der Waals surface area contributed by atoms with E-state index in [1.165, 1.54) is 12.1 Å². The Kier molecular flexibility index (Phi) is 7.11. The molecule has 3 aromatic carbocycles. The van der Waals surface area contributed by atoms with E-state index in [1.54, 1.807) is 36.4 Å². The SMILES string of the molecule is O=C(CC(CCn1nnc2ccccc2c1=O)(C(=O)O)C(=O)O)c1cc2ccc(OCc3ccccc3)cc2o1. The molecule has 2 N–H and O–H groups in total. The van der Waals surface area contributed by atoms with Crippen LogP contribution in [-0.2, 0) is 22.7 Å². The number of nitrogens with zero attached hydrogens (tertiary/aromatic N) is 3. The maximum atomic E-state index is 13.1. The van der Waals surface area contributed by atoms with Gasteiger partial charge in [0.1, 0.15) is 23.5 Å². The summed E-state index contributed by atoms with van der Waals surface area (Å²) in [4.78, 5) is 50.4. The molecule has 5 aromatic rings. The van der Waals surface area contributed by atoms with E-state index in [9.17, 15) is 29.4 Å². The number of Topliss-reactive ketones (excluding diaryl/α,β-unsaturated/α-hetero) is 1. The predicted molar refractivity (Wildman–Crippen MR) is 142 cm³/mol. The monoisotopic (exact) mass is 541 g/mol. The molecule has 0 unspecified atom stereocenters. The van der Waals surface area contributed by atoms with Crippen LogP contribution in [0.25, 0.3) is 21.9 Å². The zero-order valence-corrected chi connectivity index (χ0v) is 21.0. The van der Waals surface area contributed by atoms with Crippen molar-refractivity contribution in [2.75, 3.05) is 0 Å². The summed E-state index contributed by atoms with van der Waals surface area (Å²) in [6.07, 6.45) is -1.49. The number of carboxylic acid groups (broad SMARTS) is 2. The number of carboxylic acids is 2. The first kappa shape index (κ1) is 26.3. The van der Waals surface area contributed by atoms with Gasteiger partial charge in [-0.2, -0.15) is 0 Å². The summed E-state index contributed by atoms with van der Waals surface area (Å²) in [6.45, 7) is -0.0615. The topological polar surface area (TPSA) is 162 Å². The van der Waals surface area contributed by atoms with E-state index in [-0.39, 0.29) is 17.7 Å². The zero-order chi connectivity index (χ0) is 28.3. The van der Waals surface area contributed by atoms with Crippen LogP contribution in [0.2, 0.25) is 0 Å². The Bertz CT molecular complexity index is 1780. The second kappa shape index (κ2) is 10.8. The third-order valence-electron chi connectivity index (χ3n) is 6.68. The van der Waals surface area contributed by atoms with E-state index >= 15 is 0 Å². The number of benzene rings is 3. The van der Waals surface area contributed by atoms with Crippen LogP contribution in [0.15, 0.2) is 88.1 Å². The molecule has 0 radical (unpaired) electrons. The van der Waals surface area contributed by atoms with Gasteiger partial charge in [-0.05, 0) is 42.3 Å². The van der Waals surface area contributed by atoms with Crippen molar-refractivity contribution >= 4 is 39.6 Å². The molecule has 0 saturated heterocycles. The molecule has 0 aliphatic rings. The van der Waals surface area contributed by atoms with Crippen molar-refractivity contribution in [3.05, 3.63) is 101 Å². The molecule has 0 bridgehead atoms. The maximum absolute atomic E-state index is 13.1. The summed E-state index contributed by atoms with van der Waals surface area (Å²) in [5.74, 6) is -3.95. The molecular formula is C29H23N3O8. The summed E-state index contributed by atoms with van der Waals surface area (Å²) in [6, 6.07) is 22.4. The Morgan fingerprint density at radius 3 is 2.40 bits per heavy atom. The van der Waals surface area contributed by atoms with Crippen LogP contribution in [0, 0.1) is 5.41 Å². The highest BCUT2D eigenvalue weighted by atomic mass is 16.5. The van der Waals surface area contributed by atoms with Gasteiger partial charge in [0.05, 0.1) is 5.39 Å². The first-order chi connectivity index (χ1) is 19.3.